The summed E-state index contributed by atoms with van der Waals surface area (Å²) >= 11 is 5.82. The number of urea groups is 1. The van der Waals surface area contributed by atoms with Gasteiger partial charge in [0, 0.05) is 17.0 Å². The minimum Gasteiger partial charge on any atom is -0.506 e. The molecule has 5 amide bonds. The summed E-state index contributed by atoms with van der Waals surface area (Å²) in [7, 11) is 0. The smallest absolute Gasteiger partial charge is 0.329 e. The minimum atomic E-state index is -0.852. The normalized spacial score (nSPS) is 15.9. The Balaban J connectivity index is 1.59. The zero-order valence-electron chi connectivity index (χ0n) is 15.0. The van der Waals surface area contributed by atoms with Gasteiger partial charge in [0.25, 0.3) is 5.91 Å². The lowest BCUT2D eigenvalue weighted by Crippen LogP contribution is -2.31. The van der Waals surface area contributed by atoms with Crippen molar-refractivity contribution in [3.8, 4) is 5.75 Å². The van der Waals surface area contributed by atoms with Crippen LogP contribution in [0.25, 0.3) is 0 Å². The van der Waals surface area contributed by atoms with E-state index in [1.54, 1.807) is 24.3 Å². The summed E-state index contributed by atoms with van der Waals surface area (Å²) in [6.07, 6.45) is -0.0111. The van der Waals surface area contributed by atoms with Gasteiger partial charge in [0.05, 0.1) is 11.4 Å². The first-order chi connectivity index (χ1) is 13.8. The molecule has 2 aromatic carbocycles. The van der Waals surface area contributed by atoms with Crippen molar-refractivity contribution in [1.29, 1.82) is 0 Å². The Kier molecular flexibility index (Phi) is 5.69. The quantitative estimate of drug-likeness (QED) is 0.420. The van der Waals surface area contributed by atoms with E-state index in [9.17, 15) is 24.3 Å². The number of carbonyl (C=O) groups excluding carboxylic acids is 4. The number of amides is 5. The number of phenolic OH excluding ortho intramolecular Hbond substituents is 1. The highest BCUT2D eigenvalue weighted by Gasteiger charge is 2.38. The van der Waals surface area contributed by atoms with E-state index in [1.807, 2.05) is 0 Å². The summed E-state index contributed by atoms with van der Waals surface area (Å²) in [4.78, 5) is 48.9. The molecule has 1 unspecified atom stereocenters. The van der Waals surface area contributed by atoms with Gasteiger partial charge in [-0.25, -0.2) is 9.69 Å². The van der Waals surface area contributed by atoms with Crippen molar-refractivity contribution in [2.45, 2.75) is 18.9 Å². The van der Waals surface area contributed by atoms with Gasteiger partial charge in [-0.15, -0.1) is 0 Å². The summed E-state index contributed by atoms with van der Waals surface area (Å²) in [6.45, 7) is 0. The molecule has 0 saturated carbocycles. The maximum atomic E-state index is 12.5. The topological polar surface area (TPSA) is 142 Å². The number of benzene rings is 2. The maximum absolute atomic E-state index is 12.5. The van der Waals surface area contributed by atoms with Crippen molar-refractivity contribution in [1.82, 2.24) is 5.32 Å². The number of imide groups is 1. The predicted molar refractivity (Wildman–Crippen MR) is 106 cm³/mol. The number of nitrogens with zero attached hydrogens (tertiary/aromatic N) is 1. The standard InChI is InChI=1S/C19H17ClN4O5/c20-11-2-4-12(5-3-11)24-18(28)14(23-19(24)29)7-8-16(26)22-13-6-1-10(17(21)27)9-15(13)25/h1-6,9,14,25H,7-8H2,(H2,21,27)(H,22,26)(H,23,29). The van der Waals surface area contributed by atoms with Gasteiger partial charge >= 0.3 is 6.03 Å². The van der Waals surface area contributed by atoms with Gasteiger partial charge < -0.3 is 21.5 Å². The lowest BCUT2D eigenvalue weighted by atomic mass is 10.1. The van der Waals surface area contributed by atoms with Crippen LogP contribution in [-0.4, -0.2) is 34.9 Å². The SMILES string of the molecule is NC(=O)c1ccc(NC(=O)CCC2NC(=O)N(c3ccc(Cl)cc3)C2=O)c(O)c1. The van der Waals surface area contributed by atoms with Crippen LogP contribution in [0.4, 0.5) is 16.2 Å². The highest BCUT2D eigenvalue weighted by Crippen LogP contribution is 2.25. The molecule has 29 heavy (non-hydrogen) atoms. The van der Waals surface area contributed by atoms with Crippen LogP contribution in [0.3, 0.4) is 0 Å². The minimum absolute atomic E-state index is 0.0701. The second-order valence-corrected chi connectivity index (χ2v) is 6.77. The van der Waals surface area contributed by atoms with Crippen molar-refractivity contribution >= 4 is 46.7 Å². The number of primary amides is 1. The number of carbonyl (C=O) groups is 4. The molecule has 150 valence electrons. The number of hydrogen-bond acceptors (Lipinski definition) is 5. The fourth-order valence-corrected chi connectivity index (χ4v) is 2.97. The van der Waals surface area contributed by atoms with Crippen molar-refractivity contribution in [2.75, 3.05) is 10.2 Å². The van der Waals surface area contributed by atoms with E-state index in [-0.39, 0.29) is 29.8 Å². The molecule has 0 aliphatic carbocycles. The second kappa shape index (κ2) is 8.19. The number of halogens is 1. The third kappa shape index (κ3) is 4.46. The van der Waals surface area contributed by atoms with Crippen LogP contribution in [0.15, 0.2) is 42.5 Å². The van der Waals surface area contributed by atoms with Crippen molar-refractivity contribution < 1.29 is 24.3 Å². The van der Waals surface area contributed by atoms with Crippen LogP contribution in [0.2, 0.25) is 5.02 Å². The fraction of sp³-hybridized carbons (Fsp3) is 0.158. The highest BCUT2D eigenvalue weighted by atomic mass is 35.5. The Hall–Kier alpha value is -3.59. The first kappa shape index (κ1) is 20.2. The van der Waals surface area contributed by atoms with Crippen molar-refractivity contribution in [3.05, 3.63) is 53.1 Å². The van der Waals surface area contributed by atoms with E-state index < -0.39 is 29.8 Å². The number of anilines is 2. The summed E-state index contributed by atoms with van der Waals surface area (Å²) in [5.41, 5.74) is 5.70. The third-order valence-corrected chi connectivity index (χ3v) is 4.57. The summed E-state index contributed by atoms with van der Waals surface area (Å²) in [6, 6.07) is 8.64. The average molecular weight is 417 g/mol. The molecule has 1 aliphatic heterocycles. The molecular weight excluding hydrogens is 400 g/mol. The lowest BCUT2D eigenvalue weighted by molar-refractivity contribution is -0.119. The molecule has 9 nitrogen and oxygen atoms in total. The second-order valence-electron chi connectivity index (χ2n) is 6.34. The molecule has 0 aromatic heterocycles. The predicted octanol–water partition coefficient (Wildman–Crippen LogP) is 1.99. The van der Waals surface area contributed by atoms with E-state index in [0.717, 1.165) is 11.0 Å². The molecule has 0 spiro atoms. The number of phenols is 1. The zero-order chi connectivity index (χ0) is 21.1. The van der Waals surface area contributed by atoms with Crippen LogP contribution in [-0.2, 0) is 9.59 Å². The molecule has 1 fully saturated rings. The van der Waals surface area contributed by atoms with E-state index in [4.69, 9.17) is 17.3 Å². The van der Waals surface area contributed by atoms with Crippen LogP contribution in [0.1, 0.15) is 23.2 Å². The number of rotatable bonds is 6. The highest BCUT2D eigenvalue weighted by molar-refractivity contribution is 6.30. The number of nitrogens with one attached hydrogen (secondary N) is 2. The molecule has 3 rings (SSSR count). The lowest BCUT2D eigenvalue weighted by Gasteiger charge is -2.13. The van der Waals surface area contributed by atoms with Crippen molar-refractivity contribution in [3.63, 3.8) is 0 Å². The van der Waals surface area contributed by atoms with Crippen LogP contribution < -0.4 is 21.3 Å². The molecule has 0 radical (unpaired) electrons. The van der Waals surface area contributed by atoms with Gasteiger partial charge in [0.1, 0.15) is 11.8 Å². The Bertz CT molecular complexity index is 993. The van der Waals surface area contributed by atoms with Crippen LogP contribution >= 0.6 is 11.6 Å². The molecule has 10 heteroatoms. The van der Waals surface area contributed by atoms with Crippen LogP contribution in [0.5, 0.6) is 5.75 Å². The number of hydrogen-bond donors (Lipinski definition) is 4. The van der Waals surface area contributed by atoms with E-state index in [1.165, 1.54) is 12.1 Å². The van der Waals surface area contributed by atoms with E-state index in [2.05, 4.69) is 10.6 Å². The molecule has 1 heterocycles. The zero-order valence-corrected chi connectivity index (χ0v) is 15.8. The maximum Gasteiger partial charge on any atom is 0.329 e. The first-order valence-electron chi connectivity index (χ1n) is 8.59. The molecule has 1 saturated heterocycles. The first-order valence-corrected chi connectivity index (χ1v) is 8.97. The third-order valence-electron chi connectivity index (χ3n) is 4.32. The van der Waals surface area contributed by atoms with Gasteiger partial charge in [0.15, 0.2) is 0 Å². The van der Waals surface area contributed by atoms with Gasteiger partial charge in [-0.3, -0.25) is 14.4 Å². The van der Waals surface area contributed by atoms with E-state index >= 15 is 0 Å². The van der Waals surface area contributed by atoms with Crippen LogP contribution in [0, 0.1) is 0 Å². The molecular formula is C19H17ClN4O5. The molecule has 5 N–H and O–H groups in total. The van der Waals surface area contributed by atoms with E-state index in [0.29, 0.717) is 10.7 Å². The largest absolute Gasteiger partial charge is 0.506 e. The molecule has 1 aliphatic rings. The Morgan fingerprint density at radius 1 is 1.17 bits per heavy atom. The molecule has 1 atom stereocenters. The number of nitrogens with two attached hydrogens (primary N) is 1. The van der Waals surface area contributed by atoms with Gasteiger partial charge in [-0.2, -0.15) is 0 Å². The van der Waals surface area contributed by atoms with Gasteiger partial charge in [-0.05, 0) is 48.9 Å². The summed E-state index contributed by atoms with van der Waals surface area (Å²) in [5.74, 6) is -1.97. The van der Waals surface area contributed by atoms with Gasteiger partial charge in [-0.1, -0.05) is 11.6 Å². The summed E-state index contributed by atoms with van der Waals surface area (Å²) < 4.78 is 0. The number of aromatic hydroxyl groups is 1. The Labute approximate surface area is 170 Å². The fourth-order valence-electron chi connectivity index (χ4n) is 2.84. The van der Waals surface area contributed by atoms with Crippen molar-refractivity contribution in [2.24, 2.45) is 5.73 Å². The Morgan fingerprint density at radius 3 is 2.48 bits per heavy atom. The molecule has 0 bridgehead atoms. The summed E-state index contributed by atoms with van der Waals surface area (Å²) in [5, 5.41) is 15.4. The Morgan fingerprint density at radius 2 is 1.86 bits per heavy atom. The van der Waals surface area contributed by atoms with Gasteiger partial charge in [0.2, 0.25) is 11.8 Å². The molecule has 2 aromatic rings. The average Bonchev–Trinajstić information content (AvgIpc) is 2.96. The monoisotopic (exact) mass is 416 g/mol.